The summed E-state index contributed by atoms with van der Waals surface area (Å²) >= 11 is 5.95. The van der Waals surface area contributed by atoms with Crippen LogP contribution in [0.4, 0.5) is 0 Å². The average molecular weight is 319 g/mol. The monoisotopic (exact) mass is 318 g/mol. The molecule has 1 aromatic carbocycles. The molecule has 1 saturated heterocycles. The summed E-state index contributed by atoms with van der Waals surface area (Å²) in [6.45, 7) is 7.78. The molecule has 22 heavy (non-hydrogen) atoms. The number of hydrogen-bond donors (Lipinski definition) is 2. The fraction of sp³-hybridized carbons (Fsp3) is 0.471. The summed E-state index contributed by atoms with van der Waals surface area (Å²) in [6.07, 6.45) is 3.21. The summed E-state index contributed by atoms with van der Waals surface area (Å²) in [6, 6.07) is 7.87. The number of halogens is 1. The molecule has 2 aromatic rings. The van der Waals surface area contributed by atoms with E-state index in [0.29, 0.717) is 0 Å². The minimum absolute atomic E-state index is 0.754. The van der Waals surface area contributed by atoms with Gasteiger partial charge in [-0.3, -0.25) is 5.10 Å². The highest BCUT2D eigenvalue weighted by Crippen LogP contribution is 2.23. The molecule has 5 heteroatoms. The first kappa shape index (κ1) is 15.5. The first-order valence-electron chi connectivity index (χ1n) is 7.97. The molecule has 0 bridgehead atoms. The minimum Gasteiger partial charge on any atom is -0.312 e. The first-order valence-corrected chi connectivity index (χ1v) is 8.35. The summed E-state index contributed by atoms with van der Waals surface area (Å²) in [4.78, 5) is 2.52. The van der Waals surface area contributed by atoms with Crippen LogP contribution in [0.1, 0.15) is 18.9 Å². The van der Waals surface area contributed by atoms with Crippen LogP contribution < -0.4 is 5.32 Å². The van der Waals surface area contributed by atoms with Gasteiger partial charge in [-0.2, -0.15) is 5.10 Å². The first-order chi connectivity index (χ1) is 10.8. The second-order valence-electron chi connectivity index (χ2n) is 5.96. The molecule has 1 aromatic heterocycles. The second-order valence-corrected chi connectivity index (χ2v) is 6.39. The van der Waals surface area contributed by atoms with Crippen molar-refractivity contribution in [2.45, 2.75) is 19.9 Å². The molecule has 4 nitrogen and oxygen atoms in total. The van der Waals surface area contributed by atoms with Crippen LogP contribution in [0.25, 0.3) is 11.3 Å². The van der Waals surface area contributed by atoms with Gasteiger partial charge in [0.1, 0.15) is 0 Å². The lowest BCUT2D eigenvalue weighted by atomic mass is 10.1. The van der Waals surface area contributed by atoms with Crippen molar-refractivity contribution in [3.8, 4) is 11.3 Å². The van der Waals surface area contributed by atoms with E-state index in [4.69, 9.17) is 11.6 Å². The largest absolute Gasteiger partial charge is 0.312 e. The Labute approximate surface area is 136 Å². The fourth-order valence-corrected chi connectivity index (χ4v) is 3.22. The molecule has 0 spiro atoms. The summed E-state index contributed by atoms with van der Waals surface area (Å²) in [5.74, 6) is 0.769. The van der Waals surface area contributed by atoms with E-state index >= 15 is 0 Å². The van der Waals surface area contributed by atoms with Crippen molar-refractivity contribution >= 4 is 11.6 Å². The zero-order chi connectivity index (χ0) is 15.4. The van der Waals surface area contributed by atoms with Crippen molar-refractivity contribution in [1.82, 2.24) is 20.4 Å². The number of benzene rings is 1. The third-order valence-electron chi connectivity index (χ3n) is 4.42. The summed E-state index contributed by atoms with van der Waals surface area (Å²) in [5.41, 5.74) is 3.40. The third kappa shape index (κ3) is 3.69. The highest BCUT2D eigenvalue weighted by atomic mass is 35.5. The Kier molecular flexibility index (Phi) is 5.13. The molecule has 1 aliphatic rings. The Bertz CT molecular complexity index is 593. The quantitative estimate of drug-likeness (QED) is 0.860. The van der Waals surface area contributed by atoms with Crippen LogP contribution in [0.3, 0.4) is 0 Å². The normalized spacial score (nSPS) is 18.9. The van der Waals surface area contributed by atoms with Crippen molar-refractivity contribution in [3.05, 3.63) is 41.0 Å². The molecular formula is C17H23ClN4. The lowest BCUT2D eigenvalue weighted by Crippen LogP contribution is -2.26. The predicted molar refractivity (Wildman–Crippen MR) is 91.0 cm³/mol. The van der Waals surface area contributed by atoms with E-state index in [2.05, 4.69) is 27.3 Å². The smallest absolute Gasteiger partial charge is 0.0695 e. The molecular weight excluding hydrogens is 296 g/mol. The Balaban J connectivity index is 1.55. The molecule has 1 aliphatic heterocycles. The van der Waals surface area contributed by atoms with Gasteiger partial charge in [0.25, 0.3) is 0 Å². The lowest BCUT2D eigenvalue weighted by molar-refractivity contribution is 0.339. The predicted octanol–water partition coefficient (Wildman–Crippen LogP) is 3.16. The van der Waals surface area contributed by atoms with Crippen LogP contribution in [-0.2, 0) is 6.54 Å². The van der Waals surface area contributed by atoms with E-state index in [1.54, 1.807) is 0 Å². The van der Waals surface area contributed by atoms with E-state index in [9.17, 15) is 0 Å². The van der Waals surface area contributed by atoms with Crippen LogP contribution in [0.2, 0.25) is 5.02 Å². The van der Waals surface area contributed by atoms with Gasteiger partial charge in [-0.15, -0.1) is 0 Å². The van der Waals surface area contributed by atoms with Gasteiger partial charge >= 0.3 is 0 Å². The molecule has 2 N–H and O–H groups in total. The Morgan fingerprint density at radius 1 is 1.36 bits per heavy atom. The molecule has 1 fully saturated rings. The molecule has 2 heterocycles. The number of aromatic amines is 1. The van der Waals surface area contributed by atoms with Crippen LogP contribution in [0, 0.1) is 5.92 Å². The van der Waals surface area contributed by atoms with E-state index in [1.165, 1.54) is 31.6 Å². The number of nitrogens with one attached hydrogen (secondary N) is 2. The van der Waals surface area contributed by atoms with Gasteiger partial charge in [0.15, 0.2) is 0 Å². The highest BCUT2D eigenvalue weighted by Gasteiger charge is 2.20. The molecule has 0 aliphatic carbocycles. The van der Waals surface area contributed by atoms with Crippen molar-refractivity contribution < 1.29 is 0 Å². The SMILES string of the molecule is CCN1CC[C@H](CNCc2cn[nH]c2-c2ccc(Cl)cc2)C1. The standard InChI is InChI=1S/C17H23ClN4/c1-2-22-8-7-13(12-22)9-19-10-15-11-20-21-17(15)14-3-5-16(18)6-4-14/h3-6,11,13,19H,2,7-10,12H2,1H3,(H,20,21)/t13-/m1/s1. The second kappa shape index (κ2) is 7.27. The van der Waals surface area contributed by atoms with Crippen LogP contribution in [-0.4, -0.2) is 41.3 Å². The summed E-state index contributed by atoms with van der Waals surface area (Å²) in [5, 5.41) is 11.6. The maximum absolute atomic E-state index is 5.95. The van der Waals surface area contributed by atoms with Crippen molar-refractivity contribution in [2.24, 2.45) is 5.92 Å². The van der Waals surface area contributed by atoms with Gasteiger partial charge in [0, 0.05) is 23.7 Å². The van der Waals surface area contributed by atoms with Crippen molar-refractivity contribution in [3.63, 3.8) is 0 Å². The zero-order valence-corrected chi connectivity index (χ0v) is 13.7. The molecule has 118 valence electrons. The molecule has 0 unspecified atom stereocenters. The van der Waals surface area contributed by atoms with Gasteiger partial charge in [0.05, 0.1) is 11.9 Å². The van der Waals surface area contributed by atoms with Gasteiger partial charge in [-0.1, -0.05) is 30.7 Å². The summed E-state index contributed by atoms with van der Waals surface area (Å²) in [7, 11) is 0. The lowest BCUT2D eigenvalue weighted by Gasteiger charge is -2.13. The maximum Gasteiger partial charge on any atom is 0.0695 e. The Morgan fingerprint density at radius 3 is 2.91 bits per heavy atom. The van der Waals surface area contributed by atoms with E-state index < -0.39 is 0 Å². The number of hydrogen-bond acceptors (Lipinski definition) is 3. The molecule has 1 atom stereocenters. The van der Waals surface area contributed by atoms with Crippen LogP contribution in [0.15, 0.2) is 30.5 Å². The number of nitrogens with zero attached hydrogens (tertiary/aromatic N) is 2. The van der Waals surface area contributed by atoms with E-state index in [1.807, 2.05) is 30.5 Å². The van der Waals surface area contributed by atoms with E-state index in [0.717, 1.165) is 35.3 Å². The number of rotatable bonds is 6. The minimum atomic E-state index is 0.754. The zero-order valence-electron chi connectivity index (χ0n) is 13.0. The van der Waals surface area contributed by atoms with Gasteiger partial charge in [-0.05, 0) is 49.7 Å². The van der Waals surface area contributed by atoms with Crippen LogP contribution in [0.5, 0.6) is 0 Å². The van der Waals surface area contributed by atoms with Crippen molar-refractivity contribution in [2.75, 3.05) is 26.2 Å². The molecule has 0 amide bonds. The number of likely N-dealkylation sites (tertiary alicyclic amines) is 1. The highest BCUT2D eigenvalue weighted by molar-refractivity contribution is 6.30. The summed E-state index contributed by atoms with van der Waals surface area (Å²) < 4.78 is 0. The topological polar surface area (TPSA) is 44.0 Å². The van der Waals surface area contributed by atoms with Gasteiger partial charge in [0.2, 0.25) is 0 Å². The maximum atomic E-state index is 5.95. The van der Waals surface area contributed by atoms with Crippen molar-refractivity contribution in [1.29, 1.82) is 0 Å². The third-order valence-corrected chi connectivity index (χ3v) is 4.67. The van der Waals surface area contributed by atoms with E-state index in [-0.39, 0.29) is 0 Å². The molecule has 0 saturated carbocycles. The fourth-order valence-electron chi connectivity index (χ4n) is 3.09. The van der Waals surface area contributed by atoms with Gasteiger partial charge < -0.3 is 10.2 Å². The van der Waals surface area contributed by atoms with Gasteiger partial charge in [-0.25, -0.2) is 0 Å². The molecule has 0 radical (unpaired) electrons. The average Bonchev–Trinajstić information content (AvgIpc) is 3.17. The number of H-pyrrole nitrogens is 1. The molecule has 3 rings (SSSR count). The van der Waals surface area contributed by atoms with Crippen LogP contribution >= 0.6 is 11.6 Å². The Morgan fingerprint density at radius 2 is 2.18 bits per heavy atom. The Hall–Kier alpha value is -1.36. The number of aromatic nitrogens is 2.